The predicted octanol–water partition coefficient (Wildman–Crippen LogP) is 5.20. The molecule has 0 unspecified atom stereocenters. The van der Waals surface area contributed by atoms with Gasteiger partial charge in [-0.15, -0.1) is 5.10 Å². The molecule has 2 aromatic carbocycles. The highest BCUT2D eigenvalue weighted by atomic mass is 32.1. The number of rotatable bonds is 6. The van der Waals surface area contributed by atoms with Crippen LogP contribution in [0.5, 0.6) is 0 Å². The van der Waals surface area contributed by atoms with Crippen molar-refractivity contribution in [3.63, 3.8) is 0 Å². The monoisotopic (exact) mass is 426 g/mol. The predicted molar refractivity (Wildman–Crippen MR) is 122 cm³/mol. The zero-order valence-corrected chi connectivity index (χ0v) is 18.1. The Bertz CT molecular complexity index is 1020. The normalized spacial score (nSPS) is 10.4. The summed E-state index contributed by atoms with van der Waals surface area (Å²) in [7, 11) is 0. The van der Waals surface area contributed by atoms with Crippen molar-refractivity contribution in [2.24, 2.45) is 0 Å². The smallest absolute Gasteiger partial charge is 0.338 e. The van der Waals surface area contributed by atoms with Gasteiger partial charge in [0.15, 0.2) is 5.11 Å². The molecule has 0 spiro atoms. The number of nitrogens with one attached hydrogen (secondary N) is 2. The van der Waals surface area contributed by atoms with E-state index in [0.29, 0.717) is 17.3 Å². The number of hydrogen-bond acceptors (Lipinski definition) is 6. The molecule has 3 aromatic rings. The lowest BCUT2D eigenvalue weighted by atomic mass is 9.98. The molecule has 0 aliphatic carbocycles. The van der Waals surface area contributed by atoms with E-state index in [1.165, 1.54) is 11.5 Å². The van der Waals surface area contributed by atoms with Gasteiger partial charge >= 0.3 is 5.97 Å². The summed E-state index contributed by atoms with van der Waals surface area (Å²) in [5, 5.41) is 11.5. The Hall–Kier alpha value is -2.84. The molecule has 6 nitrogen and oxygen atoms in total. The van der Waals surface area contributed by atoms with Gasteiger partial charge < -0.3 is 15.4 Å². The van der Waals surface area contributed by atoms with E-state index in [2.05, 4.69) is 20.2 Å². The molecule has 1 heterocycles. The number of ether oxygens (including phenoxy) is 1. The van der Waals surface area contributed by atoms with E-state index in [-0.39, 0.29) is 5.97 Å². The third kappa shape index (κ3) is 5.36. The molecule has 1 aromatic heterocycles. The zero-order chi connectivity index (χ0) is 20.8. The van der Waals surface area contributed by atoms with Crippen LogP contribution in [0.15, 0.2) is 42.5 Å². The summed E-state index contributed by atoms with van der Waals surface area (Å²) < 4.78 is 9.12. The lowest BCUT2D eigenvalue weighted by Crippen LogP contribution is -2.18. The van der Waals surface area contributed by atoms with E-state index in [9.17, 15) is 4.79 Å². The second kappa shape index (κ2) is 9.58. The molecule has 3 rings (SSSR count). The maximum absolute atomic E-state index is 12.2. The van der Waals surface area contributed by atoms with E-state index >= 15 is 0 Å². The number of benzene rings is 2. The molecular formula is C21H22N4O2S2. The molecule has 0 amide bonds. The molecule has 2 N–H and O–H groups in total. The van der Waals surface area contributed by atoms with Crippen LogP contribution in [0.25, 0.3) is 11.1 Å². The summed E-state index contributed by atoms with van der Waals surface area (Å²) >= 11 is 6.61. The molecule has 8 heteroatoms. The first-order valence-electron chi connectivity index (χ1n) is 9.23. The van der Waals surface area contributed by atoms with Crippen LogP contribution in [0.3, 0.4) is 0 Å². The Morgan fingerprint density at radius 2 is 1.90 bits per heavy atom. The number of esters is 1. The number of carbonyl (C=O) groups excluding carboxylic acids is 1. The average Bonchev–Trinajstić information content (AvgIpc) is 3.11. The quantitative estimate of drug-likeness (QED) is 0.414. The Morgan fingerprint density at radius 3 is 2.55 bits per heavy atom. The SMILES string of the molecule is CCCOC(=O)c1ccc(C)c(-c2ccc(NC(=S)Nc3snnc3C)cc2)c1. The minimum atomic E-state index is -0.296. The van der Waals surface area contributed by atoms with Crippen molar-refractivity contribution in [2.75, 3.05) is 17.2 Å². The second-order valence-corrected chi connectivity index (χ2v) is 7.67. The average molecular weight is 427 g/mol. The van der Waals surface area contributed by atoms with Gasteiger partial charge in [0.1, 0.15) is 5.00 Å². The molecule has 0 radical (unpaired) electrons. The van der Waals surface area contributed by atoms with E-state index < -0.39 is 0 Å². The molecule has 0 aliphatic heterocycles. The third-order valence-corrected chi connectivity index (χ3v) is 5.19. The van der Waals surface area contributed by atoms with Crippen LogP contribution in [0.4, 0.5) is 10.7 Å². The Labute approximate surface area is 179 Å². The zero-order valence-electron chi connectivity index (χ0n) is 16.5. The molecule has 0 fully saturated rings. The van der Waals surface area contributed by atoms with Gasteiger partial charge in [-0.25, -0.2) is 4.79 Å². The fourth-order valence-corrected chi connectivity index (χ4v) is 3.53. The fourth-order valence-electron chi connectivity index (χ4n) is 2.68. The maximum Gasteiger partial charge on any atom is 0.338 e. The topological polar surface area (TPSA) is 76.1 Å². The molecule has 29 heavy (non-hydrogen) atoms. The first kappa shape index (κ1) is 20.9. The van der Waals surface area contributed by atoms with Gasteiger partial charge in [-0.05, 0) is 73.4 Å². The highest BCUT2D eigenvalue weighted by molar-refractivity contribution is 7.80. The van der Waals surface area contributed by atoms with Crippen molar-refractivity contribution in [1.82, 2.24) is 9.59 Å². The third-order valence-electron chi connectivity index (χ3n) is 4.24. The van der Waals surface area contributed by atoms with Crippen LogP contribution < -0.4 is 10.6 Å². The summed E-state index contributed by atoms with van der Waals surface area (Å²) in [4.78, 5) is 12.2. The van der Waals surface area contributed by atoms with E-state index in [1.54, 1.807) is 6.07 Å². The molecule has 0 saturated carbocycles. The van der Waals surface area contributed by atoms with Crippen LogP contribution in [-0.4, -0.2) is 27.3 Å². The lowest BCUT2D eigenvalue weighted by Gasteiger charge is -2.12. The van der Waals surface area contributed by atoms with Crippen molar-refractivity contribution in [2.45, 2.75) is 27.2 Å². The lowest BCUT2D eigenvalue weighted by molar-refractivity contribution is 0.0505. The number of aromatic nitrogens is 2. The number of nitrogens with zero attached hydrogens (tertiary/aromatic N) is 2. The Morgan fingerprint density at radius 1 is 1.14 bits per heavy atom. The van der Waals surface area contributed by atoms with Gasteiger partial charge in [-0.1, -0.05) is 29.6 Å². The number of carbonyl (C=O) groups is 1. The van der Waals surface area contributed by atoms with Gasteiger partial charge in [0.25, 0.3) is 0 Å². The van der Waals surface area contributed by atoms with Gasteiger partial charge in [-0.2, -0.15) is 0 Å². The van der Waals surface area contributed by atoms with E-state index in [0.717, 1.165) is 39.5 Å². The van der Waals surface area contributed by atoms with Crippen molar-refractivity contribution >= 4 is 45.5 Å². The summed E-state index contributed by atoms with van der Waals surface area (Å²) in [5.74, 6) is -0.296. The van der Waals surface area contributed by atoms with Gasteiger partial charge in [0.05, 0.1) is 17.9 Å². The fraction of sp³-hybridized carbons (Fsp3) is 0.238. The number of thiocarbonyl (C=S) groups is 1. The first-order valence-corrected chi connectivity index (χ1v) is 10.4. The highest BCUT2D eigenvalue weighted by Gasteiger charge is 2.11. The summed E-state index contributed by atoms with van der Waals surface area (Å²) in [5.41, 5.74) is 5.32. The minimum absolute atomic E-state index is 0.296. The van der Waals surface area contributed by atoms with Crippen LogP contribution in [-0.2, 0) is 4.74 Å². The van der Waals surface area contributed by atoms with Gasteiger partial charge in [0, 0.05) is 17.2 Å². The van der Waals surface area contributed by atoms with Crippen molar-refractivity contribution in [3.8, 4) is 11.1 Å². The van der Waals surface area contributed by atoms with Gasteiger partial charge in [-0.3, -0.25) is 0 Å². The van der Waals surface area contributed by atoms with E-state index in [4.69, 9.17) is 17.0 Å². The van der Waals surface area contributed by atoms with Crippen LogP contribution in [0, 0.1) is 13.8 Å². The number of anilines is 2. The highest BCUT2D eigenvalue weighted by Crippen LogP contribution is 2.26. The largest absolute Gasteiger partial charge is 0.462 e. The molecule has 150 valence electrons. The van der Waals surface area contributed by atoms with Crippen LogP contribution in [0.2, 0.25) is 0 Å². The van der Waals surface area contributed by atoms with Crippen LogP contribution >= 0.6 is 23.8 Å². The summed E-state index contributed by atoms with van der Waals surface area (Å²) in [6.45, 7) is 6.29. The minimum Gasteiger partial charge on any atom is -0.462 e. The standard InChI is InChI=1S/C21H22N4O2S2/c1-4-11-27-20(26)16-6-5-13(2)18(12-16)15-7-9-17(10-8-15)22-21(28)23-19-14(3)24-25-29-19/h5-10,12H,4,11H2,1-3H3,(H2,22,23,28). The maximum atomic E-state index is 12.2. The Balaban J connectivity index is 1.72. The van der Waals surface area contributed by atoms with Crippen molar-refractivity contribution < 1.29 is 9.53 Å². The first-order chi connectivity index (χ1) is 14.0. The summed E-state index contributed by atoms with van der Waals surface area (Å²) in [6, 6.07) is 13.5. The number of hydrogen-bond donors (Lipinski definition) is 2. The molecule has 0 aliphatic rings. The second-order valence-electron chi connectivity index (χ2n) is 6.51. The van der Waals surface area contributed by atoms with Crippen molar-refractivity contribution in [3.05, 3.63) is 59.3 Å². The molecule has 0 atom stereocenters. The van der Waals surface area contributed by atoms with Crippen molar-refractivity contribution in [1.29, 1.82) is 0 Å². The molecular weight excluding hydrogens is 404 g/mol. The van der Waals surface area contributed by atoms with E-state index in [1.807, 2.05) is 57.2 Å². The molecule has 0 saturated heterocycles. The summed E-state index contributed by atoms with van der Waals surface area (Å²) in [6.07, 6.45) is 0.800. The Kier molecular flexibility index (Phi) is 6.90. The van der Waals surface area contributed by atoms with Gasteiger partial charge in [0.2, 0.25) is 0 Å². The number of aryl methyl sites for hydroxylation is 2. The molecule has 0 bridgehead atoms. The van der Waals surface area contributed by atoms with Crippen LogP contribution in [0.1, 0.15) is 35.0 Å².